The van der Waals surface area contributed by atoms with Crippen molar-refractivity contribution in [2.45, 2.75) is 39.8 Å². The van der Waals surface area contributed by atoms with E-state index < -0.39 is 0 Å². The summed E-state index contributed by atoms with van der Waals surface area (Å²) in [6.07, 6.45) is 0. The van der Waals surface area contributed by atoms with Gasteiger partial charge in [-0.3, -0.25) is 19.3 Å². The molecule has 0 fully saturated rings. The Labute approximate surface area is 151 Å². The van der Waals surface area contributed by atoms with Crippen LogP contribution in [0, 0.1) is 11.7 Å². The van der Waals surface area contributed by atoms with Crippen molar-refractivity contribution >= 4 is 24.0 Å². The number of rotatable bonds is 5. The summed E-state index contributed by atoms with van der Waals surface area (Å²) in [7, 11) is 0. The minimum atomic E-state index is -0.340. The van der Waals surface area contributed by atoms with Crippen LogP contribution in [0.2, 0.25) is 0 Å². The van der Waals surface area contributed by atoms with Gasteiger partial charge in [0.2, 0.25) is 11.8 Å². The minimum absolute atomic E-state index is 0.0126. The Morgan fingerprint density at radius 1 is 1.20 bits per heavy atom. The number of nitrogens with zero attached hydrogens (tertiary/aromatic N) is 2. The lowest BCUT2D eigenvalue weighted by atomic mass is 10.1. The van der Waals surface area contributed by atoms with E-state index in [-0.39, 0.29) is 30.4 Å². The molecular formula is C17H23N5O2S. The molecule has 3 N–H and O–H groups in total. The number of amides is 2. The topological polar surface area (TPSA) is 91.8 Å². The number of aryl methyl sites for hydroxylation is 1. The Kier molecular flexibility index (Phi) is 5.73. The first-order valence-electron chi connectivity index (χ1n) is 7.96. The number of H-pyrrole nitrogens is 1. The molecule has 1 aromatic heterocycles. The molecule has 8 heteroatoms. The number of aromatic amines is 1. The van der Waals surface area contributed by atoms with Crippen molar-refractivity contribution in [1.82, 2.24) is 25.4 Å². The summed E-state index contributed by atoms with van der Waals surface area (Å²) >= 11 is 5.21. The van der Waals surface area contributed by atoms with Crippen molar-refractivity contribution in [3.8, 4) is 11.4 Å². The van der Waals surface area contributed by atoms with E-state index in [1.54, 1.807) is 4.57 Å². The Bertz CT molecular complexity index is 815. The van der Waals surface area contributed by atoms with Crippen molar-refractivity contribution in [2.24, 2.45) is 0 Å². The number of carbonyl (C=O) groups excluding carboxylic acids is 2. The van der Waals surface area contributed by atoms with Gasteiger partial charge in [-0.15, -0.1) is 0 Å². The number of carbonyl (C=O) groups is 2. The first-order chi connectivity index (χ1) is 11.7. The third-order valence-electron chi connectivity index (χ3n) is 3.33. The number of hydrogen-bond donors (Lipinski definition) is 3. The zero-order chi connectivity index (χ0) is 18.6. The van der Waals surface area contributed by atoms with Crippen LogP contribution in [0.3, 0.4) is 0 Å². The number of benzene rings is 1. The van der Waals surface area contributed by atoms with Gasteiger partial charge in [-0.2, -0.15) is 5.10 Å². The molecule has 1 heterocycles. The standard InChI is InChI=1S/C17H23N5O2S/c1-11-5-7-12(8-6-11)15-20-21-16(25)22(15)10-14(24)18-9-13(23)19-17(2,3)4/h5-8H,9-10H2,1-4H3,(H,18,24)(H,19,23)(H,21,25). The van der Waals surface area contributed by atoms with Crippen molar-refractivity contribution in [3.05, 3.63) is 34.6 Å². The van der Waals surface area contributed by atoms with Gasteiger partial charge in [-0.1, -0.05) is 29.8 Å². The normalized spacial score (nSPS) is 11.2. The van der Waals surface area contributed by atoms with Gasteiger partial charge in [0, 0.05) is 11.1 Å². The van der Waals surface area contributed by atoms with Crippen LogP contribution in [0.4, 0.5) is 0 Å². The number of hydrogen-bond acceptors (Lipinski definition) is 4. The highest BCUT2D eigenvalue weighted by atomic mass is 32.1. The second-order valence-corrected chi connectivity index (χ2v) is 7.27. The molecule has 1 aromatic carbocycles. The van der Waals surface area contributed by atoms with Gasteiger partial charge in [-0.25, -0.2) is 0 Å². The zero-order valence-corrected chi connectivity index (χ0v) is 15.7. The average Bonchev–Trinajstić information content (AvgIpc) is 2.86. The molecule has 25 heavy (non-hydrogen) atoms. The van der Waals surface area contributed by atoms with Crippen LogP contribution < -0.4 is 10.6 Å². The summed E-state index contributed by atoms with van der Waals surface area (Å²) in [5.41, 5.74) is 1.65. The highest BCUT2D eigenvalue weighted by molar-refractivity contribution is 7.71. The van der Waals surface area contributed by atoms with E-state index in [1.165, 1.54) is 0 Å². The Morgan fingerprint density at radius 3 is 2.44 bits per heavy atom. The zero-order valence-electron chi connectivity index (χ0n) is 14.8. The van der Waals surface area contributed by atoms with Gasteiger partial charge in [0.1, 0.15) is 6.54 Å². The molecule has 7 nitrogen and oxygen atoms in total. The van der Waals surface area contributed by atoms with E-state index in [9.17, 15) is 9.59 Å². The van der Waals surface area contributed by atoms with Crippen molar-refractivity contribution in [2.75, 3.05) is 6.54 Å². The molecule has 0 aliphatic carbocycles. The van der Waals surface area contributed by atoms with Crippen LogP contribution in [0.15, 0.2) is 24.3 Å². The molecule has 0 aliphatic heterocycles. The van der Waals surface area contributed by atoms with E-state index >= 15 is 0 Å². The van der Waals surface area contributed by atoms with E-state index in [0.29, 0.717) is 10.6 Å². The molecule has 0 bridgehead atoms. The van der Waals surface area contributed by atoms with Crippen molar-refractivity contribution in [1.29, 1.82) is 0 Å². The van der Waals surface area contributed by atoms with Gasteiger partial charge >= 0.3 is 0 Å². The second kappa shape index (κ2) is 7.60. The van der Waals surface area contributed by atoms with E-state index in [4.69, 9.17) is 12.2 Å². The third-order valence-corrected chi connectivity index (χ3v) is 3.64. The SMILES string of the molecule is Cc1ccc(-c2n[nH]c(=S)n2CC(=O)NCC(=O)NC(C)(C)C)cc1. The maximum Gasteiger partial charge on any atom is 0.240 e. The lowest BCUT2D eigenvalue weighted by molar-refractivity contribution is -0.127. The second-order valence-electron chi connectivity index (χ2n) is 6.88. The first-order valence-corrected chi connectivity index (χ1v) is 8.36. The largest absolute Gasteiger partial charge is 0.350 e. The summed E-state index contributed by atoms with van der Waals surface area (Å²) < 4.78 is 1.96. The molecule has 0 radical (unpaired) electrons. The maximum absolute atomic E-state index is 12.2. The van der Waals surface area contributed by atoms with Crippen molar-refractivity contribution < 1.29 is 9.59 Å². The number of nitrogens with one attached hydrogen (secondary N) is 3. The van der Waals surface area contributed by atoms with Gasteiger partial charge < -0.3 is 10.6 Å². The van der Waals surface area contributed by atoms with Gasteiger partial charge in [0.15, 0.2) is 10.6 Å². The van der Waals surface area contributed by atoms with Gasteiger partial charge in [0.05, 0.1) is 6.54 Å². The molecule has 0 spiro atoms. The fraction of sp³-hybridized carbons (Fsp3) is 0.412. The third kappa shape index (κ3) is 5.53. The summed E-state index contributed by atoms with van der Waals surface area (Å²) in [5.74, 6) is 0.0320. The Hall–Kier alpha value is -2.48. The highest BCUT2D eigenvalue weighted by Gasteiger charge is 2.16. The summed E-state index contributed by atoms with van der Waals surface area (Å²) in [6, 6.07) is 7.78. The average molecular weight is 361 g/mol. The van der Waals surface area contributed by atoms with E-state index in [0.717, 1.165) is 11.1 Å². The van der Waals surface area contributed by atoms with Crippen LogP contribution in [0.5, 0.6) is 0 Å². The quantitative estimate of drug-likeness (QED) is 0.710. The Morgan fingerprint density at radius 2 is 1.84 bits per heavy atom. The van der Waals surface area contributed by atoms with Crippen LogP contribution in [-0.4, -0.2) is 38.7 Å². The number of aromatic nitrogens is 3. The fourth-order valence-corrected chi connectivity index (χ4v) is 2.42. The monoisotopic (exact) mass is 361 g/mol. The molecule has 2 rings (SSSR count). The lowest BCUT2D eigenvalue weighted by Gasteiger charge is -2.20. The van der Waals surface area contributed by atoms with Gasteiger partial charge in [0.25, 0.3) is 0 Å². The smallest absolute Gasteiger partial charge is 0.240 e. The van der Waals surface area contributed by atoms with Crippen LogP contribution in [0.25, 0.3) is 11.4 Å². The summed E-state index contributed by atoms with van der Waals surface area (Å²) in [4.78, 5) is 24.0. The molecule has 134 valence electrons. The predicted molar refractivity (Wildman–Crippen MR) is 98.5 cm³/mol. The Balaban J connectivity index is 2.04. The molecule has 0 aliphatic rings. The predicted octanol–water partition coefficient (Wildman–Crippen LogP) is 1.95. The van der Waals surface area contributed by atoms with E-state index in [1.807, 2.05) is 52.0 Å². The molecule has 2 aromatic rings. The van der Waals surface area contributed by atoms with Crippen LogP contribution in [0.1, 0.15) is 26.3 Å². The van der Waals surface area contributed by atoms with Crippen molar-refractivity contribution in [3.63, 3.8) is 0 Å². The molecule has 0 saturated carbocycles. The highest BCUT2D eigenvalue weighted by Crippen LogP contribution is 2.17. The minimum Gasteiger partial charge on any atom is -0.350 e. The summed E-state index contributed by atoms with van der Waals surface area (Å²) in [5, 5.41) is 12.3. The fourth-order valence-electron chi connectivity index (χ4n) is 2.23. The molecule has 0 atom stereocenters. The first kappa shape index (κ1) is 18.9. The summed E-state index contributed by atoms with van der Waals surface area (Å²) in [6.45, 7) is 7.54. The maximum atomic E-state index is 12.2. The van der Waals surface area contributed by atoms with E-state index in [2.05, 4.69) is 20.8 Å². The van der Waals surface area contributed by atoms with Crippen LogP contribution >= 0.6 is 12.2 Å². The molecule has 2 amide bonds. The van der Waals surface area contributed by atoms with Crippen LogP contribution in [-0.2, 0) is 16.1 Å². The lowest BCUT2D eigenvalue weighted by Crippen LogP contribution is -2.46. The van der Waals surface area contributed by atoms with Gasteiger partial charge in [-0.05, 0) is 39.9 Å². The molecule has 0 unspecified atom stereocenters. The molecular weight excluding hydrogens is 338 g/mol. The molecule has 0 saturated heterocycles.